The van der Waals surface area contributed by atoms with Gasteiger partial charge in [0.1, 0.15) is 35.9 Å². The van der Waals surface area contributed by atoms with Crippen molar-refractivity contribution in [1.29, 1.82) is 0 Å². The number of hydrogen-bond donors (Lipinski definition) is 1. The molecule has 238 valence electrons. The average molecular weight is 637 g/mol. The van der Waals surface area contributed by atoms with Gasteiger partial charge in [-0.15, -0.1) is 6.42 Å². The normalized spacial score (nSPS) is 28.4. The number of benzene rings is 2. The second kappa shape index (κ2) is 10.7. The summed E-state index contributed by atoms with van der Waals surface area (Å²) in [6.07, 6.45) is 7.64. The number of pyridine rings is 1. The molecule has 0 spiro atoms. The Morgan fingerprint density at radius 3 is 2.78 bits per heavy atom. The number of anilines is 2. The lowest BCUT2D eigenvalue weighted by Crippen LogP contribution is -2.43. The highest BCUT2D eigenvalue weighted by atomic mass is 19.2. The van der Waals surface area contributed by atoms with Gasteiger partial charge in [0.05, 0.1) is 25.3 Å². The molecule has 3 saturated heterocycles. The second-order valence-corrected chi connectivity index (χ2v) is 12.7. The lowest BCUT2D eigenvalue weighted by molar-refractivity contribution is 0.107. The van der Waals surface area contributed by atoms with E-state index in [0.717, 1.165) is 18.9 Å². The minimum absolute atomic E-state index is 0.00878. The first-order chi connectivity index (χ1) is 22.9. The van der Waals surface area contributed by atoms with Gasteiger partial charge in [-0.3, -0.25) is 9.88 Å². The molecular formula is C34H31F5N6O. The number of nitrogens with two attached hydrogens (primary N) is 1. The van der Waals surface area contributed by atoms with Crippen LogP contribution >= 0.6 is 0 Å². The minimum Gasteiger partial charge on any atom is -0.461 e. The molecule has 2 N–H and O–H groups in total. The van der Waals surface area contributed by atoms with Crippen LogP contribution in [0.2, 0.25) is 0 Å². The Hall–Kier alpha value is -4.24. The summed E-state index contributed by atoms with van der Waals surface area (Å²) < 4.78 is 99.9. The molecule has 8 rings (SSSR count). The van der Waals surface area contributed by atoms with Crippen LogP contribution in [0.3, 0.4) is 0 Å². The number of nitrogen functional groups attached to an aromatic ring is 1. The number of nitrogens with zero attached hydrogens (tertiary/aromatic N) is 5. The minimum atomic E-state index is -2.47. The molecule has 46 heavy (non-hydrogen) atoms. The zero-order valence-electron chi connectivity index (χ0n) is 26.7. The zero-order valence-corrected chi connectivity index (χ0v) is 24.7. The van der Waals surface area contributed by atoms with E-state index in [4.69, 9.17) is 19.6 Å². The van der Waals surface area contributed by atoms with Gasteiger partial charge in [-0.05, 0) is 55.8 Å². The van der Waals surface area contributed by atoms with Crippen LogP contribution in [0.4, 0.5) is 33.5 Å². The monoisotopic (exact) mass is 636 g/mol. The molecule has 2 aromatic heterocycles. The second-order valence-electron chi connectivity index (χ2n) is 12.7. The van der Waals surface area contributed by atoms with E-state index in [0.29, 0.717) is 32.4 Å². The highest BCUT2D eigenvalue weighted by Crippen LogP contribution is 2.48. The largest absolute Gasteiger partial charge is 0.461 e. The van der Waals surface area contributed by atoms with Crippen molar-refractivity contribution in [3.05, 3.63) is 47.4 Å². The van der Waals surface area contributed by atoms with Gasteiger partial charge >= 0.3 is 6.01 Å². The van der Waals surface area contributed by atoms with E-state index in [2.05, 4.69) is 20.9 Å². The van der Waals surface area contributed by atoms with Crippen LogP contribution in [0.15, 0.2) is 24.4 Å². The molecule has 12 heteroatoms. The van der Waals surface area contributed by atoms with E-state index >= 15 is 8.78 Å². The van der Waals surface area contributed by atoms with Gasteiger partial charge in [0.2, 0.25) is 0 Å². The molecule has 0 radical (unpaired) electrons. The Balaban J connectivity index is 1.33. The van der Waals surface area contributed by atoms with Gasteiger partial charge in [0.25, 0.3) is 0 Å². The first kappa shape index (κ1) is 26.9. The summed E-state index contributed by atoms with van der Waals surface area (Å²) in [5.41, 5.74) is 3.83. The van der Waals surface area contributed by atoms with Crippen LogP contribution in [-0.4, -0.2) is 70.0 Å². The molecule has 7 nitrogen and oxygen atoms in total. The van der Waals surface area contributed by atoms with E-state index < -0.39 is 59.5 Å². The van der Waals surface area contributed by atoms with Gasteiger partial charge in [0.15, 0.2) is 17.5 Å². The van der Waals surface area contributed by atoms with Gasteiger partial charge < -0.3 is 15.4 Å². The van der Waals surface area contributed by atoms with Crippen LogP contribution in [-0.2, 0) is 0 Å². The van der Waals surface area contributed by atoms with Gasteiger partial charge in [-0.25, -0.2) is 22.0 Å². The van der Waals surface area contributed by atoms with Gasteiger partial charge in [0, 0.05) is 48.3 Å². The lowest BCUT2D eigenvalue weighted by atomic mass is 9.95. The zero-order chi connectivity index (χ0) is 33.7. The summed E-state index contributed by atoms with van der Waals surface area (Å²) in [6, 6.07) is 2.61. The quantitative estimate of drug-likeness (QED) is 0.161. The summed E-state index contributed by atoms with van der Waals surface area (Å²) >= 11 is 0. The predicted molar refractivity (Wildman–Crippen MR) is 164 cm³/mol. The van der Waals surface area contributed by atoms with Crippen LogP contribution in [0.1, 0.15) is 46.8 Å². The molecule has 4 aliphatic rings. The highest BCUT2D eigenvalue weighted by molar-refractivity contribution is 6.04. The maximum Gasteiger partial charge on any atom is 0.319 e. The third-order valence-electron chi connectivity index (χ3n) is 9.98. The molecule has 4 fully saturated rings. The fourth-order valence-corrected chi connectivity index (χ4v) is 7.81. The molecule has 0 unspecified atom stereocenters. The number of halogens is 5. The van der Waals surface area contributed by atoms with Crippen LogP contribution in [0.5, 0.6) is 6.01 Å². The first-order valence-corrected chi connectivity index (χ1v) is 15.5. The molecule has 1 aliphatic carbocycles. The van der Waals surface area contributed by atoms with Crippen molar-refractivity contribution in [2.75, 3.05) is 36.8 Å². The molecule has 5 atom stereocenters. The summed E-state index contributed by atoms with van der Waals surface area (Å²) in [6.45, 7) is -1.49. The fraction of sp³-hybridized carbons (Fsp3) is 0.441. The summed E-state index contributed by atoms with van der Waals surface area (Å²) in [4.78, 5) is 16.7. The molecule has 0 amide bonds. The van der Waals surface area contributed by atoms with Crippen molar-refractivity contribution in [2.24, 2.45) is 5.92 Å². The molecule has 2 aromatic carbocycles. The summed E-state index contributed by atoms with van der Waals surface area (Å²) in [5.74, 6) is -1.44. The molecule has 4 aromatic rings. The highest BCUT2D eigenvalue weighted by Gasteiger charge is 2.56. The Labute approximate surface area is 264 Å². The molecule has 0 bridgehead atoms. The maximum absolute atomic E-state index is 16.9. The smallest absolute Gasteiger partial charge is 0.319 e. The average Bonchev–Trinajstić information content (AvgIpc) is 3.39. The van der Waals surface area contributed by atoms with Crippen LogP contribution in [0, 0.1) is 35.7 Å². The van der Waals surface area contributed by atoms with E-state index in [9.17, 15) is 13.2 Å². The van der Waals surface area contributed by atoms with Crippen molar-refractivity contribution < 1.29 is 29.4 Å². The van der Waals surface area contributed by atoms with Crippen molar-refractivity contribution in [3.8, 4) is 29.6 Å². The topological polar surface area (TPSA) is 80.4 Å². The number of fused-ring (bicyclic) bond motifs is 4. The van der Waals surface area contributed by atoms with Crippen LogP contribution in [0.25, 0.3) is 32.9 Å². The molecule has 3 aliphatic heterocycles. The standard InChI is InChI=1S/C34H31F5N6O/c1-2-20-25-17(11-24(36)26(20)37)10-19(40)12-22(25)29-28(39)30-23(14-41-29)32(45-9-4-3-6-21-27(38)31(21)45)43-33(42-30)46-16-34-7-5-8-44(34)15-18(35)13-34/h1,10-12,14,18,21,27,31H,3-9,13,15-16,40H2/t18-,21+,27-,31+,34+/m1/s1/i16D2. The SMILES string of the molecule is [2H]C([2H])(Oc1nc(N2CCCC[C@H]3[C@@H](F)[C@H]32)c2cnc(-c3cc(N)cc4cc(F)c(F)c(C#C)c34)c(F)c2n1)[C@@]12CCCN1C[C@H](F)C2. The van der Waals surface area contributed by atoms with Crippen molar-refractivity contribution in [1.82, 2.24) is 19.9 Å². The first-order valence-electron chi connectivity index (χ1n) is 16.5. The Morgan fingerprint density at radius 1 is 1.11 bits per heavy atom. The number of alkyl halides is 2. The number of aromatic nitrogens is 3. The lowest BCUT2D eigenvalue weighted by Gasteiger charge is -2.31. The Morgan fingerprint density at radius 2 is 1.96 bits per heavy atom. The van der Waals surface area contributed by atoms with Gasteiger partial charge in [-0.1, -0.05) is 12.3 Å². The maximum atomic E-state index is 16.9. The third kappa shape index (κ3) is 4.46. The van der Waals surface area contributed by atoms with E-state index in [1.54, 1.807) is 9.80 Å². The summed E-state index contributed by atoms with van der Waals surface area (Å²) in [5, 5.41) is 0.256. The number of rotatable bonds is 5. The molecule has 1 saturated carbocycles. The van der Waals surface area contributed by atoms with E-state index in [1.165, 1.54) is 18.3 Å². The number of terminal acetylenes is 1. The van der Waals surface area contributed by atoms with Gasteiger partial charge in [-0.2, -0.15) is 9.97 Å². The Kier molecular flexibility index (Phi) is 6.24. The predicted octanol–water partition coefficient (Wildman–Crippen LogP) is 6.11. The van der Waals surface area contributed by atoms with E-state index in [1.807, 2.05) is 0 Å². The number of ether oxygens (including phenoxy) is 1. The third-order valence-corrected chi connectivity index (χ3v) is 9.98. The summed E-state index contributed by atoms with van der Waals surface area (Å²) in [7, 11) is 0. The van der Waals surface area contributed by atoms with Crippen LogP contribution < -0.4 is 15.4 Å². The number of hydrogen-bond acceptors (Lipinski definition) is 7. The van der Waals surface area contributed by atoms with Crippen molar-refractivity contribution in [2.45, 2.75) is 62.4 Å². The Bertz CT molecular complexity index is 2040. The van der Waals surface area contributed by atoms with Crippen molar-refractivity contribution >= 4 is 33.2 Å². The fourth-order valence-electron chi connectivity index (χ4n) is 7.81. The molecular weight excluding hydrogens is 603 g/mol. The van der Waals surface area contributed by atoms with Crippen molar-refractivity contribution in [3.63, 3.8) is 0 Å². The molecule has 5 heterocycles. The van der Waals surface area contributed by atoms with E-state index in [-0.39, 0.29) is 63.3 Å².